The Bertz CT molecular complexity index is 715. The summed E-state index contributed by atoms with van der Waals surface area (Å²) in [5.41, 5.74) is 1.83. The smallest absolute Gasteiger partial charge is 0.238 e. The third-order valence-electron chi connectivity index (χ3n) is 3.90. The van der Waals surface area contributed by atoms with Gasteiger partial charge in [-0.1, -0.05) is 56.2 Å². The van der Waals surface area contributed by atoms with Crippen molar-refractivity contribution in [2.24, 2.45) is 5.14 Å². The molecule has 124 valence electrons. The minimum atomic E-state index is -3.71. The third-order valence-corrected chi connectivity index (χ3v) is 4.88. The van der Waals surface area contributed by atoms with E-state index >= 15 is 0 Å². The molecule has 0 aliphatic rings. The molecule has 2 rings (SSSR count). The fraction of sp³-hybridized carbons (Fsp3) is 0.333. The summed E-state index contributed by atoms with van der Waals surface area (Å²) >= 11 is 0. The first-order chi connectivity index (χ1) is 11.0. The normalized spacial score (nSPS) is 12.8. The highest BCUT2D eigenvalue weighted by molar-refractivity contribution is 7.89. The molecule has 23 heavy (non-hydrogen) atoms. The molecule has 0 fully saturated rings. The number of unbranched alkanes of at least 4 members (excludes halogenated alkanes) is 1. The second-order valence-electron chi connectivity index (χ2n) is 5.67. The Kier molecular flexibility index (Phi) is 6.19. The zero-order valence-corrected chi connectivity index (χ0v) is 14.2. The fourth-order valence-electron chi connectivity index (χ4n) is 2.69. The van der Waals surface area contributed by atoms with Crippen molar-refractivity contribution in [2.75, 3.05) is 11.9 Å². The minimum absolute atomic E-state index is 0.102. The third kappa shape index (κ3) is 5.08. The van der Waals surface area contributed by atoms with Crippen molar-refractivity contribution in [3.8, 4) is 0 Å². The highest BCUT2D eigenvalue weighted by atomic mass is 32.2. The Hall–Kier alpha value is -1.85. The van der Waals surface area contributed by atoms with Gasteiger partial charge in [0.05, 0.1) is 4.90 Å². The molecular weight excluding hydrogens is 308 g/mol. The Morgan fingerprint density at radius 1 is 1.04 bits per heavy atom. The molecule has 0 radical (unpaired) electrons. The highest BCUT2D eigenvalue weighted by Gasteiger charge is 2.20. The molecule has 3 N–H and O–H groups in total. The van der Waals surface area contributed by atoms with Crippen LogP contribution >= 0.6 is 0 Å². The van der Waals surface area contributed by atoms with Gasteiger partial charge in [-0.2, -0.15) is 0 Å². The van der Waals surface area contributed by atoms with E-state index in [1.165, 1.54) is 0 Å². The zero-order chi connectivity index (χ0) is 16.7. The number of para-hydroxylation sites is 1. The lowest BCUT2D eigenvalue weighted by molar-refractivity contribution is 0.579. The van der Waals surface area contributed by atoms with E-state index in [9.17, 15) is 8.42 Å². The van der Waals surface area contributed by atoms with Crippen molar-refractivity contribution in [3.63, 3.8) is 0 Å². The van der Waals surface area contributed by atoms with Crippen molar-refractivity contribution < 1.29 is 8.42 Å². The van der Waals surface area contributed by atoms with Crippen molar-refractivity contribution in [2.45, 2.75) is 37.0 Å². The number of nitrogens with two attached hydrogens (primary N) is 1. The Balaban J connectivity index is 2.25. The van der Waals surface area contributed by atoms with E-state index in [1.807, 2.05) is 42.5 Å². The lowest BCUT2D eigenvalue weighted by atomic mass is 9.93. The van der Waals surface area contributed by atoms with Crippen LogP contribution in [0.1, 0.15) is 37.7 Å². The van der Waals surface area contributed by atoms with E-state index in [2.05, 4.69) is 12.2 Å². The van der Waals surface area contributed by atoms with Gasteiger partial charge in [0, 0.05) is 18.2 Å². The molecule has 1 atom stereocenters. The van der Waals surface area contributed by atoms with Crippen LogP contribution in [-0.2, 0) is 10.0 Å². The van der Waals surface area contributed by atoms with Gasteiger partial charge >= 0.3 is 0 Å². The molecule has 0 aliphatic heterocycles. The predicted molar refractivity (Wildman–Crippen MR) is 95.0 cm³/mol. The Morgan fingerprint density at radius 3 is 2.35 bits per heavy atom. The molecule has 0 heterocycles. The summed E-state index contributed by atoms with van der Waals surface area (Å²) in [6.45, 7) is 2.81. The average Bonchev–Trinajstić information content (AvgIpc) is 2.55. The van der Waals surface area contributed by atoms with Gasteiger partial charge in [0.25, 0.3) is 0 Å². The topological polar surface area (TPSA) is 72.2 Å². The van der Waals surface area contributed by atoms with Gasteiger partial charge in [-0.05, 0) is 30.2 Å². The summed E-state index contributed by atoms with van der Waals surface area (Å²) in [5.74, 6) is 0.102. The van der Waals surface area contributed by atoms with Crippen molar-refractivity contribution in [3.05, 3.63) is 60.2 Å². The summed E-state index contributed by atoms with van der Waals surface area (Å²) in [6.07, 6.45) is 3.03. The molecule has 2 aromatic rings. The number of hydrogen-bond donors (Lipinski definition) is 2. The molecule has 2 aromatic carbocycles. The van der Waals surface area contributed by atoms with Gasteiger partial charge in [-0.25, -0.2) is 13.6 Å². The highest BCUT2D eigenvalue weighted by Crippen LogP contribution is 2.28. The maximum Gasteiger partial charge on any atom is 0.238 e. The van der Waals surface area contributed by atoms with E-state index in [-0.39, 0.29) is 10.8 Å². The molecule has 1 unspecified atom stereocenters. The lowest BCUT2D eigenvalue weighted by Gasteiger charge is -2.21. The summed E-state index contributed by atoms with van der Waals surface area (Å²) in [6, 6.07) is 17.0. The SMILES string of the molecule is CCCCC(CNc1ccccc1)c1ccccc1S(N)(=O)=O. The van der Waals surface area contributed by atoms with Gasteiger partial charge < -0.3 is 5.32 Å². The van der Waals surface area contributed by atoms with Crippen molar-refractivity contribution >= 4 is 15.7 Å². The summed E-state index contributed by atoms with van der Waals surface area (Å²) in [7, 11) is -3.71. The van der Waals surface area contributed by atoms with Crippen LogP contribution < -0.4 is 10.5 Å². The van der Waals surface area contributed by atoms with E-state index in [0.717, 1.165) is 30.5 Å². The number of anilines is 1. The van der Waals surface area contributed by atoms with E-state index < -0.39 is 10.0 Å². The number of rotatable bonds is 8. The van der Waals surface area contributed by atoms with E-state index in [4.69, 9.17) is 5.14 Å². The molecule has 4 nitrogen and oxygen atoms in total. The molecule has 0 spiro atoms. The van der Waals surface area contributed by atoms with Crippen LogP contribution in [0.4, 0.5) is 5.69 Å². The predicted octanol–water partition coefficient (Wildman–Crippen LogP) is 3.72. The standard InChI is InChI=1S/C18H24N2O2S/c1-2-3-9-15(14-20-16-10-5-4-6-11-16)17-12-7-8-13-18(17)23(19,21)22/h4-8,10-13,15,20H,2-3,9,14H2,1H3,(H2,19,21,22). The second kappa shape index (κ2) is 8.13. The maximum atomic E-state index is 11.9. The number of hydrogen-bond acceptors (Lipinski definition) is 3. The van der Waals surface area contributed by atoms with E-state index in [0.29, 0.717) is 6.54 Å². The molecule has 0 aromatic heterocycles. The Labute approximate surface area is 138 Å². The number of sulfonamides is 1. The van der Waals surface area contributed by atoms with Crippen LogP contribution in [0.2, 0.25) is 0 Å². The maximum absolute atomic E-state index is 11.9. The molecule has 0 bridgehead atoms. The minimum Gasteiger partial charge on any atom is -0.384 e. The average molecular weight is 332 g/mol. The van der Waals surface area contributed by atoms with Crippen LogP contribution in [0.25, 0.3) is 0 Å². The second-order valence-corrected chi connectivity index (χ2v) is 7.20. The van der Waals surface area contributed by atoms with Gasteiger partial charge in [0.15, 0.2) is 0 Å². The van der Waals surface area contributed by atoms with Crippen molar-refractivity contribution in [1.82, 2.24) is 0 Å². The quantitative estimate of drug-likeness (QED) is 0.774. The summed E-state index contributed by atoms with van der Waals surface area (Å²) in [4.78, 5) is 0.232. The van der Waals surface area contributed by atoms with Gasteiger partial charge in [0.1, 0.15) is 0 Å². The summed E-state index contributed by atoms with van der Waals surface area (Å²) in [5, 5.41) is 8.78. The first-order valence-corrected chi connectivity index (χ1v) is 9.47. The first-order valence-electron chi connectivity index (χ1n) is 7.93. The van der Waals surface area contributed by atoms with Crippen molar-refractivity contribution in [1.29, 1.82) is 0 Å². The molecule has 0 saturated heterocycles. The number of nitrogens with one attached hydrogen (secondary N) is 1. The fourth-order valence-corrected chi connectivity index (χ4v) is 3.52. The number of benzene rings is 2. The van der Waals surface area contributed by atoms with Crippen LogP contribution in [0.15, 0.2) is 59.5 Å². The molecule has 0 amide bonds. The molecule has 0 saturated carbocycles. The molecule has 5 heteroatoms. The molecular formula is C18H24N2O2S. The van der Waals surface area contributed by atoms with Gasteiger partial charge in [-0.15, -0.1) is 0 Å². The van der Waals surface area contributed by atoms with Crippen LogP contribution in [-0.4, -0.2) is 15.0 Å². The monoisotopic (exact) mass is 332 g/mol. The zero-order valence-electron chi connectivity index (χ0n) is 13.4. The Morgan fingerprint density at radius 2 is 1.70 bits per heavy atom. The summed E-state index contributed by atoms with van der Waals surface area (Å²) < 4.78 is 23.7. The van der Waals surface area contributed by atoms with Crippen LogP contribution in [0.5, 0.6) is 0 Å². The van der Waals surface area contributed by atoms with Crippen LogP contribution in [0.3, 0.4) is 0 Å². The van der Waals surface area contributed by atoms with Gasteiger partial charge in [-0.3, -0.25) is 0 Å². The largest absolute Gasteiger partial charge is 0.384 e. The lowest BCUT2D eigenvalue weighted by Crippen LogP contribution is -2.19. The molecule has 0 aliphatic carbocycles. The first kappa shape index (κ1) is 17.5. The van der Waals surface area contributed by atoms with Crippen LogP contribution in [0, 0.1) is 0 Å². The van der Waals surface area contributed by atoms with Gasteiger partial charge in [0.2, 0.25) is 10.0 Å². The number of primary sulfonamides is 1. The van der Waals surface area contributed by atoms with E-state index in [1.54, 1.807) is 12.1 Å².